The summed E-state index contributed by atoms with van der Waals surface area (Å²) in [5.41, 5.74) is 4.29. The van der Waals surface area contributed by atoms with Gasteiger partial charge in [-0.1, -0.05) is 35.9 Å². The van der Waals surface area contributed by atoms with Crippen molar-refractivity contribution < 1.29 is 9.53 Å². The third-order valence-corrected chi connectivity index (χ3v) is 5.67. The maximum atomic E-state index is 11.1. The number of hydrogen-bond donors (Lipinski definition) is 0. The molecule has 1 fully saturated rings. The molecule has 0 radical (unpaired) electrons. The van der Waals surface area contributed by atoms with Crippen LogP contribution in [0.4, 0.5) is 0 Å². The van der Waals surface area contributed by atoms with Crippen molar-refractivity contribution in [1.29, 1.82) is 0 Å². The van der Waals surface area contributed by atoms with Crippen molar-refractivity contribution in [2.75, 3.05) is 19.7 Å². The van der Waals surface area contributed by atoms with Gasteiger partial charge < -0.3 is 9.53 Å². The molecule has 1 aromatic carbocycles. The quantitative estimate of drug-likeness (QED) is 0.749. The Balaban J connectivity index is 1.44. The van der Waals surface area contributed by atoms with Crippen molar-refractivity contribution in [3.05, 3.63) is 53.1 Å². The molecule has 3 aliphatic rings. The number of aldehydes is 1. The Morgan fingerprint density at radius 3 is 3.12 bits per heavy atom. The number of nitrogens with zero attached hydrogens (tertiary/aromatic N) is 1. The summed E-state index contributed by atoms with van der Waals surface area (Å²) in [6.45, 7) is 2.37. The van der Waals surface area contributed by atoms with E-state index in [0.29, 0.717) is 18.5 Å². The molecule has 1 aromatic rings. The Morgan fingerprint density at radius 2 is 2.29 bits per heavy atom. The lowest BCUT2D eigenvalue weighted by Crippen LogP contribution is -2.31. The van der Waals surface area contributed by atoms with Crippen LogP contribution < -0.4 is 4.74 Å². The summed E-state index contributed by atoms with van der Waals surface area (Å²) in [6, 6.07) is 7.20. The standard InChI is InChI=1S/C21H25NO2/c23-11-10-22-15-19(14-20(22)7-5-16-3-1-2-4-16)17-6-8-21-18(13-17)9-12-24-21/h1-3,6,8,11,13,19-20H,4-5,7,9-10,12,14-15H2. The van der Waals surface area contributed by atoms with Crippen molar-refractivity contribution in [3.8, 4) is 5.75 Å². The first-order chi connectivity index (χ1) is 11.8. The van der Waals surface area contributed by atoms with Gasteiger partial charge in [0.1, 0.15) is 12.0 Å². The first-order valence-corrected chi connectivity index (χ1v) is 9.11. The molecule has 1 aliphatic carbocycles. The normalized spacial score (nSPS) is 25.6. The average Bonchev–Trinajstić information content (AvgIpc) is 3.33. The van der Waals surface area contributed by atoms with Gasteiger partial charge in [-0.3, -0.25) is 4.90 Å². The van der Waals surface area contributed by atoms with Gasteiger partial charge in [0, 0.05) is 19.0 Å². The molecule has 4 rings (SSSR count). The lowest BCUT2D eigenvalue weighted by molar-refractivity contribution is -0.109. The van der Waals surface area contributed by atoms with Gasteiger partial charge in [-0.2, -0.15) is 0 Å². The molecule has 2 heterocycles. The minimum atomic E-state index is 0.520. The molecule has 2 atom stereocenters. The van der Waals surface area contributed by atoms with Crippen LogP contribution in [0.2, 0.25) is 0 Å². The summed E-state index contributed by atoms with van der Waals surface area (Å²) in [6.07, 6.45) is 13.3. The average molecular weight is 323 g/mol. The van der Waals surface area contributed by atoms with Crippen LogP contribution in [0.1, 0.15) is 42.7 Å². The number of allylic oxidation sites excluding steroid dienone is 4. The fraction of sp³-hybridized carbons (Fsp3) is 0.476. The minimum absolute atomic E-state index is 0.520. The molecule has 0 bridgehead atoms. The topological polar surface area (TPSA) is 29.5 Å². The van der Waals surface area contributed by atoms with Crippen LogP contribution in [0, 0.1) is 0 Å². The molecule has 0 spiro atoms. The molecule has 2 aliphatic heterocycles. The minimum Gasteiger partial charge on any atom is -0.493 e. The molecule has 0 aromatic heterocycles. The Hall–Kier alpha value is -1.87. The lowest BCUT2D eigenvalue weighted by atomic mass is 9.92. The second-order valence-corrected chi connectivity index (χ2v) is 7.17. The first kappa shape index (κ1) is 15.6. The molecule has 0 N–H and O–H groups in total. The van der Waals surface area contributed by atoms with Crippen molar-refractivity contribution >= 4 is 6.29 Å². The second kappa shape index (κ2) is 6.94. The largest absolute Gasteiger partial charge is 0.493 e. The Morgan fingerprint density at radius 1 is 1.33 bits per heavy atom. The molecule has 3 heteroatoms. The van der Waals surface area contributed by atoms with Crippen LogP contribution in [-0.4, -0.2) is 36.9 Å². The third kappa shape index (κ3) is 3.18. The zero-order chi connectivity index (χ0) is 16.4. The fourth-order valence-corrected chi connectivity index (χ4v) is 4.33. The first-order valence-electron chi connectivity index (χ1n) is 9.11. The zero-order valence-corrected chi connectivity index (χ0v) is 14.1. The van der Waals surface area contributed by atoms with E-state index >= 15 is 0 Å². The van der Waals surface area contributed by atoms with Crippen molar-refractivity contribution in [2.24, 2.45) is 0 Å². The Kier molecular flexibility index (Phi) is 4.52. The molecular weight excluding hydrogens is 298 g/mol. The summed E-state index contributed by atoms with van der Waals surface area (Å²) in [4.78, 5) is 13.5. The highest BCUT2D eigenvalue weighted by Crippen LogP contribution is 2.37. The highest BCUT2D eigenvalue weighted by Gasteiger charge is 2.32. The maximum absolute atomic E-state index is 11.1. The van der Waals surface area contributed by atoms with Gasteiger partial charge in [0.05, 0.1) is 13.2 Å². The highest BCUT2D eigenvalue weighted by atomic mass is 16.5. The second-order valence-electron chi connectivity index (χ2n) is 7.17. The summed E-state index contributed by atoms with van der Waals surface area (Å²) in [5.74, 6) is 1.59. The van der Waals surface area contributed by atoms with Crippen molar-refractivity contribution in [1.82, 2.24) is 4.90 Å². The van der Waals surface area contributed by atoms with Crippen LogP contribution in [0.5, 0.6) is 5.75 Å². The number of hydrogen-bond acceptors (Lipinski definition) is 3. The van der Waals surface area contributed by atoms with Gasteiger partial charge in [-0.05, 0) is 48.8 Å². The van der Waals surface area contributed by atoms with Gasteiger partial charge in [0.2, 0.25) is 0 Å². The zero-order valence-electron chi connectivity index (χ0n) is 14.1. The molecule has 24 heavy (non-hydrogen) atoms. The van der Waals surface area contributed by atoms with Crippen LogP contribution >= 0.6 is 0 Å². The number of fused-ring (bicyclic) bond motifs is 1. The van der Waals surface area contributed by atoms with E-state index < -0.39 is 0 Å². The summed E-state index contributed by atoms with van der Waals surface area (Å²) < 4.78 is 5.62. The summed E-state index contributed by atoms with van der Waals surface area (Å²) >= 11 is 0. The number of likely N-dealkylation sites (tertiary alicyclic amines) is 1. The molecule has 0 saturated carbocycles. The SMILES string of the molecule is O=CCN1CC(c2ccc3c(c2)CCO3)CC1CCC1=CC=CC1. The van der Waals surface area contributed by atoms with E-state index in [0.717, 1.165) is 57.3 Å². The molecule has 126 valence electrons. The highest BCUT2D eigenvalue weighted by molar-refractivity contribution is 5.52. The van der Waals surface area contributed by atoms with Gasteiger partial charge in [-0.25, -0.2) is 0 Å². The van der Waals surface area contributed by atoms with Gasteiger partial charge in [-0.15, -0.1) is 0 Å². The van der Waals surface area contributed by atoms with Gasteiger partial charge in [0.25, 0.3) is 0 Å². The Labute approximate surface area is 144 Å². The maximum Gasteiger partial charge on any atom is 0.133 e. The number of carbonyl (C=O) groups excluding carboxylic acids is 1. The lowest BCUT2D eigenvalue weighted by Gasteiger charge is -2.22. The fourth-order valence-electron chi connectivity index (χ4n) is 4.33. The summed E-state index contributed by atoms with van der Waals surface area (Å²) in [5, 5.41) is 0. The third-order valence-electron chi connectivity index (χ3n) is 5.67. The smallest absolute Gasteiger partial charge is 0.133 e. The van der Waals surface area contributed by atoms with E-state index in [1.165, 1.54) is 16.7 Å². The number of benzene rings is 1. The van der Waals surface area contributed by atoms with E-state index in [9.17, 15) is 4.79 Å². The monoisotopic (exact) mass is 323 g/mol. The van der Waals surface area contributed by atoms with Crippen LogP contribution in [0.3, 0.4) is 0 Å². The van der Waals surface area contributed by atoms with E-state index in [1.807, 2.05) is 0 Å². The molecule has 2 unspecified atom stereocenters. The number of carbonyl (C=O) groups is 1. The van der Waals surface area contributed by atoms with E-state index in [2.05, 4.69) is 41.3 Å². The Bertz CT molecular complexity index is 676. The van der Waals surface area contributed by atoms with Crippen LogP contribution in [-0.2, 0) is 11.2 Å². The van der Waals surface area contributed by atoms with Gasteiger partial charge >= 0.3 is 0 Å². The van der Waals surface area contributed by atoms with Crippen LogP contribution in [0.15, 0.2) is 42.0 Å². The molecular formula is C21H25NO2. The van der Waals surface area contributed by atoms with Crippen LogP contribution in [0.25, 0.3) is 0 Å². The predicted molar refractivity (Wildman–Crippen MR) is 95.5 cm³/mol. The summed E-state index contributed by atoms with van der Waals surface area (Å²) in [7, 11) is 0. The molecule has 0 amide bonds. The van der Waals surface area contributed by atoms with E-state index in [-0.39, 0.29) is 0 Å². The molecule has 3 nitrogen and oxygen atoms in total. The van der Waals surface area contributed by atoms with Crippen molar-refractivity contribution in [2.45, 2.75) is 44.1 Å². The van der Waals surface area contributed by atoms with Gasteiger partial charge in [0.15, 0.2) is 0 Å². The predicted octanol–water partition coefficient (Wildman–Crippen LogP) is 3.64. The molecule has 1 saturated heterocycles. The number of rotatable bonds is 6. The number of ether oxygens (including phenoxy) is 1. The van der Waals surface area contributed by atoms with E-state index in [1.54, 1.807) is 0 Å². The van der Waals surface area contributed by atoms with Crippen molar-refractivity contribution in [3.63, 3.8) is 0 Å². The van der Waals surface area contributed by atoms with E-state index in [4.69, 9.17) is 4.74 Å².